The maximum Gasteiger partial charge on any atom is 0.329 e. The molecule has 0 saturated carbocycles. The Hall–Kier alpha value is -3.48. The molecule has 0 N–H and O–H groups in total. The van der Waals surface area contributed by atoms with Gasteiger partial charge in [0.1, 0.15) is 11.9 Å². The van der Waals surface area contributed by atoms with E-state index in [1.807, 2.05) is 30.3 Å². The summed E-state index contributed by atoms with van der Waals surface area (Å²) in [7, 11) is 1.27. The predicted octanol–water partition coefficient (Wildman–Crippen LogP) is 2.51. The summed E-state index contributed by atoms with van der Waals surface area (Å²) < 4.78 is 18.3. The minimum atomic E-state index is -0.901. The number of hydrogen-bond acceptors (Lipinski definition) is 5. The number of imide groups is 1. The molecule has 0 aliphatic carbocycles. The van der Waals surface area contributed by atoms with E-state index in [9.17, 15) is 18.8 Å². The monoisotopic (exact) mass is 392 g/mol. The number of halogens is 1. The minimum Gasteiger partial charge on any atom is -0.467 e. The third-order valence-corrected chi connectivity index (χ3v) is 5.99. The third kappa shape index (κ3) is 2.36. The molecule has 3 aliphatic rings. The molecule has 2 saturated heterocycles. The third-order valence-electron chi connectivity index (χ3n) is 5.99. The number of rotatable bonds is 2. The van der Waals surface area contributed by atoms with Gasteiger partial charge in [0.15, 0.2) is 0 Å². The van der Waals surface area contributed by atoms with Gasteiger partial charge >= 0.3 is 5.97 Å². The average molecular weight is 392 g/mol. The maximum atomic E-state index is 13.4. The zero-order valence-electron chi connectivity index (χ0n) is 15.5. The maximum absolute atomic E-state index is 13.4. The molecule has 0 spiro atoms. The molecular formula is C22H17FN2O4. The van der Waals surface area contributed by atoms with Crippen molar-refractivity contribution in [2.45, 2.75) is 12.1 Å². The van der Waals surface area contributed by atoms with Gasteiger partial charge in [-0.15, -0.1) is 0 Å². The fourth-order valence-electron chi connectivity index (χ4n) is 4.79. The molecule has 2 aromatic rings. The van der Waals surface area contributed by atoms with E-state index in [1.54, 1.807) is 11.1 Å². The van der Waals surface area contributed by atoms with E-state index in [0.29, 0.717) is 5.69 Å². The highest BCUT2D eigenvalue weighted by Gasteiger charge is 2.65. The van der Waals surface area contributed by atoms with Crippen LogP contribution >= 0.6 is 0 Å². The Labute approximate surface area is 166 Å². The summed E-state index contributed by atoms with van der Waals surface area (Å²) in [6.07, 6.45) is 3.63. The van der Waals surface area contributed by atoms with Gasteiger partial charge in [0.05, 0.1) is 30.7 Å². The summed E-state index contributed by atoms with van der Waals surface area (Å²) in [5.74, 6) is -3.49. The van der Waals surface area contributed by atoms with Crippen LogP contribution < -0.4 is 4.90 Å². The van der Waals surface area contributed by atoms with Crippen molar-refractivity contribution in [2.75, 3.05) is 12.0 Å². The molecule has 5 rings (SSSR count). The number of methoxy groups -OCH3 is 1. The number of benzene rings is 2. The standard InChI is InChI=1S/C22H17FN2O4/c1-29-22(28)19-17-16(18-15-5-3-2-4-12(15)10-11-24(18)19)20(26)25(21(17)27)14-8-6-13(23)7-9-14/h2-11,16-19H,1H3/t16-,17+,18+,19+/m0/s1. The molecule has 2 amide bonds. The Morgan fingerprint density at radius 2 is 1.69 bits per heavy atom. The molecule has 4 atom stereocenters. The van der Waals surface area contributed by atoms with Crippen molar-refractivity contribution in [1.82, 2.24) is 4.90 Å². The van der Waals surface area contributed by atoms with E-state index >= 15 is 0 Å². The number of carbonyl (C=O) groups excluding carboxylic acids is 3. The van der Waals surface area contributed by atoms with E-state index in [-0.39, 0.29) is 0 Å². The van der Waals surface area contributed by atoms with Crippen LogP contribution in [0.15, 0.2) is 54.7 Å². The molecule has 0 aromatic heterocycles. The first-order valence-corrected chi connectivity index (χ1v) is 9.28. The number of esters is 1. The SMILES string of the molecule is COC(=O)[C@H]1[C@@H]2C(=O)N(c3ccc(F)cc3)C(=O)[C@@H]2[C@H]2c3ccccc3C=CN21. The smallest absolute Gasteiger partial charge is 0.329 e. The second-order valence-corrected chi connectivity index (χ2v) is 7.34. The van der Waals surface area contributed by atoms with Crippen LogP contribution in [-0.2, 0) is 19.1 Å². The van der Waals surface area contributed by atoms with Crippen LogP contribution in [0.25, 0.3) is 6.08 Å². The second-order valence-electron chi connectivity index (χ2n) is 7.34. The van der Waals surface area contributed by atoms with Crippen LogP contribution in [0.5, 0.6) is 0 Å². The molecule has 29 heavy (non-hydrogen) atoms. The summed E-state index contributed by atoms with van der Waals surface area (Å²) >= 11 is 0. The van der Waals surface area contributed by atoms with Gasteiger partial charge in [-0.05, 0) is 41.5 Å². The Balaban J connectivity index is 1.65. The summed E-state index contributed by atoms with van der Waals surface area (Å²) in [5.41, 5.74) is 2.13. The quantitative estimate of drug-likeness (QED) is 0.580. The highest BCUT2D eigenvalue weighted by atomic mass is 19.1. The second kappa shape index (κ2) is 6.27. The summed E-state index contributed by atoms with van der Waals surface area (Å²) in [6, 6.07) is 11.4. The molecule has 0 unspecified atom stereocenters. The predicted molar refractivity (Wildman–Crippen MR) is 102 cm³/mol. The molecular weight excluding hydrogens is 375 g/mol. The van der Waals surface area contributed by atoms with Gasteiger partial charge in [0.25, 0.3) is 0 Å². The van der Waals surface area contributed by atoms with Gasteiger partial charge < -0.3 is 9.64 Å². The number of anilines is 1. The number of amides is 2. The van der Waals surface area contributed by atoms with Crippen LogP contribution in [-0.4, -0.2) is 35.8 Å². The fraction of sp³-hybridized carbons (Fsp3) is 0.227. The fourth-order valence-corrected chi connectivity index (χ4v) is 4.79. The van der Waals surface area contributed by atoms with Crippen molar-refractivity contribution in [3.05, 3.63) is 71.7 Å². The van der Waals surface area contributed by atoms with Crippen molar-refractivity contribution in [3.8, 4) is 0 Å². The number of carbonyl (C=O) groups is 3. The van der Waals surface area contributed by atoms with E-state index in [2.05, 4.69) is 0 Å². The largest absolute Gasteiger partial charge is 0.467 e. The van der Waals surface area contributed by atoms with Crippen LogP contribution in [0.1, 0.15) is 17.2 Å². The molecule has 146 valence electrons. The Bertz CT molecular complexity index is 1060. The minimum absolute atomic E-state index is 0.297. The van der Waals surface area contributed by atoms with Crippen molar-refractivity contribution >= 4 is 29.5 Å². The summed E-state index contributed by atoms with van der Waals surface area (Å²) in [6.45, 7) is 0. The summed E-state index contributed by atoms with van der Waals surface area (Å²) in [4.78, 5) is 42.2. The molecule has 3 heterocycles. The summed E-state index contributed by atoms with van der Waals surface area (Å²) in [5, 5.41) is 0. The first kappa shape index (κ1) is 17.6. The lowest BCUT2D eigenvalue weighted by molar-refractivity contribution is -0.148. The van der Waals surface area contributed by atoms with Gasteiger partial charge in [0, 0.05) is 6.20 Å². The molecule has 7 heteroatoms. The Morgan fingerprint density at radius 1 is 1.00 bits per heavy atom. The number of hydrogen-bond donors (Lipinski definition) is 0. The van der Waals surface area contributed by atoms with Gasteiger partial charge in [-0.2, -0.15) is 0 Å². The Morgan fingerprint density at radius 3 is 2.41 bits per heavy atom. The van der Waals surface area contributed by atoms with Crippen LogP contribution in [0, 0.1) is 17.7 Å². The highest BCUT2D eigenvalue weighted by Crippen LogP contribution is 2.53. The van der Waals surface area contributed by atoms with Crippen molar-refractivity contribution in [1.29, 1.82) is 0 Å². The molecule has 0 radical (unpaired) electrons. The van der Waals surface area contributed by atoms with Gasteiger partial charge in [0.2, 0.25) is 11.8 Å². The van der Waals surface area contributed by atoms with Gasteiger partial charge in [-0.3, -0.25) is 9.59 Å². The van der Waals surface area contributed by atoms with Gasteiger partial charge in [-0.1, -0.05) is 24.3 Å². The zero-order chi connectivity index (χ0) is 20.3. The molecule has 2 fully saturated rings. The topological polar surface area (TPSA) is 66.9 Å². The normalized spacial score (nSPS) is 27.0. The van der Waals surface area contributed by atoms with Crippen molar-refractivity contribution < 1.29 is 23.5 Å². The Kier molecular flexibility index (Phi) is 3.81. The van der Waals surface area contributed by atoms with Crippen molar-refractivity contribution in [2.24, 2.45) is 11.8 Å². The lowest BCUT2D eigenvalue weighted by Crippen LogP contribution is -2.44. The van der Waals surface area contributed by atoms with E-state index in [1.165, 1.54) is 31.4 Å². The van der Waals surface area contributed by atoms with E-state index in [0.717, 1.165) is 16.0 Å². The first-order valence-electron chi connectivity index (χ1n) is 9.28. The van der Waals surface area contributed by atoms with E-state index in [4.69, 9.17) is 4.74 Å². The molecule has 0 bridgehead atoms. The van der Waals surface area contributed by atoms with Crippen molar-refractivity contribution in [3.63, 3.8) is 0 Å². The van der Waals surface area contributed by atoms with Crippen LogP contribution in [0.4, 0.5) is 10.1 Å². The average Bonchev–Trinajstić information content (AvgIpc) is 3.21. The number of nitrogens with zero attached hydrogens (tertiary/aromatic N) is 2. The molecule has 2 aromatic carbocycles. The highest BCUT2D eigenvalue weighted by molar-refractivity contribution is 6.23. The molecule has 3 aliphatic heterocycles. The number of ether oxygens (including phenoxy) is 1. The zero-order valence-corrected chi connectivity index (χ0v) is 15.5. The van der Waals surface area contributed by atoms with Crippen LogP contribution in [0.2, 0.25) is 0 Å². The lowest BCUT2D eigenvalue weighted by atomic mass is 9.84. The lowest BCUT2D eigenvalue weighted by Gasteiger charge is -2.34. The first-order chi connectivity index (χ1) is 14.0. The number of fused-ring (bicyclic) bond motifs is 5. The molecule has 6 nitrogen and oxygen atoms in total. The van der Waals surface area contributed by atoms with E-state index < -0.39 is 47.5 Å². The van der Waals surface area contributed by atoms with Gasteiger partial charge in [-0.25, -0.2) is 14.1 Å². The van der Waals surface area contributed by atoms with Crippen LogP contribution in [0.3, 0.4) is 0 Å².